The zero-order chi connectivity index (χ0) is 18.1. The van der Waals surface area contributed by atoms with Crippen LogP contribution in [0.15, 0.2) is 30.3 Å². The number of carbonyl (C=O) groups is 3. The van der Waals surface area contributed by atoms with Gasteiger partial charge in [0.15, 0.2) is 15.9 Å². The fraction of sp³-hybridized carbons (Fsp3) is 0.400. The van der Waals surface area contributed by atoms with Crippen LogP contribution >= 0.6 is 0 Å². The summed E-state index contributed by atoms with van der Waals surface area (Å²) >= 11 is 0. The smallest absolute Gasteiger partial charge is 0.259 e. The van der Waals surface area contributed by atoms with Gasteiger partial charge in [-0.05, 0) is 26.0 Å². The number of hydrogen-bond donors (Lipinski definition) is 2. The number of sulfone groups is 1. The average molecular weight is 354 g/mol. The van der Waals surface area contributed by atoms with Crippen molar-refractivity contribution in [1.29, 1.82) is 0 Å². The van der Waals surface area contributed by atoms with Gasteiger partial charge in [-0.25, -0.2) is 8.42 Å². The molecule has 1 aliphatic heterocycles. The highest BCUT2D eigenvalue weighted by Gasteiger charge is 2.58. The molecule has 24 heavy (non-hydrogen) atoms. The number of aldehydes is 1. The van der Waals surface area contributed by atoms with Crippen LogP contribution in [0, 0.1) is 5.92 Å². The topological polar surface area (TPSA) is 133 Å². The molecule has 8 nitrogen and oxygen atoms in total. The lowest BCUT2D eigenvalue weighted by Gasteiger charge is -2.41. The Morgan fingerprint density at radius 3 is 2.38 bits per heavy atom. The minimum atomic E-state index is -4.09. The second kappa shape index (κ2) is 6.23. The highest BCUT2D eigenvalue weighted by Crippen LogP contribution is 2.32. The van der Waals surface area contributed by atoms with Crippen LogP contribution in [-0.4, -0.2) is 42.7 Å². The molecule has 0 spiro atoms. The van der Waals surface area contributed by atoms with Gasteiger partial charge in [0.05, 0.1) is 0 Å². The van der Waals surface area contributed by atoms with E-state index in [2.05, 4.69) is 5.32 Å². The summed E-state index contributed by atoms with van der Waals surface area (Å²) in [5, 5.41) is 0.796. The Morgan fingerprint density at radius 2 is 1.92 bits per heavy atom. The highest BCUT2D eigenvalue weighted by molar-refractivity contribution is 7.94. The van der Waals surface area contributed by atoms with E-state index in [0.717, 1.165) is 0 Å². The second-order valence-corrected chi connectivity index (χ2v) is 8.63. The molecule has 1 saturated heterocycles. The van der Waals surface area contributed by atoms with Crippen molar-refractivity contribution in [2.45, 2.75) is 30.1 Å². The summed E-state index contributed by atoms with van der Waals surface area (Å²) in [6.07, 6.45) is -1.19. The van der Waals surface area contributed by atoms with Crippen molar-refractivity contribution in [2.24, 2.45) is 11.7 Å². The number of benzene rings is 1. The second-order valence-electron chi connectivity index (χ2n) is 5.98. The standard InChI is InChI=1S/C15H18N2O6S/c1-15(2,8-18)24(21,22)14-10(13(20)17-14)11(12(16)19)23-9-6-4-3-5-7-9/h3-8,10-11,14H,1-2H3,(H2,16,19)(H,17,20). The summed E-state index contributed by atoms with van der Waals surface area (Å²) in [7, 11) is -4.09. The van der Waals surface area contributed by atoms with E-state index in [1.807, 2.05) is 0 Å². The summed E-state index contributed by atoms with van der Waals surface area (Å²) in [5.41, 5.74) is 5.30. The number of hydrogen-bond acceptors (Lipinski definition) is 6. The Morgan fingerprint density at radius 1 is 1.33 bits per heavy atom. The lowest BCUT2D eigenvalue weighted by atomic mass is 9.94. The monoisotopic (exact) mass is 354 g/mol. The molecule has 2 amide bonds. The number of primary amides is 1. The molecule has 130 valence electrons. The summed E-state index contributed by atoms with van der Waals surface area (Å²) in [5.74, 6) is -2.70. The summed E-state index contributed by atoms with van der Waals surface area (Å²) in [4.78, 5) is 34.7. The molecule has 1 fully saturated rings. The van der Waals surface area contributed by atoms with E-state index in [4.69, 9.17) is 10.5 Å². The molecule has 3 atom stereocenters. The van der Waals surface area contributed by atoms with Crippen LogP contribution in [0.5, 0.6) is 5.75 Å². The molecule has 9 heteroatoms. The minimum Gasteiger partial charge on any atom is -0.480 e. The van der Waals surface area contributed by atoms with Crippen molar-refractivity contribution in [1.82, 2.24) is 5.32 Å². The molecule has 3 unspecified atom stereocenters. The molecule has 0 bridgehead atoms. The fourth-order valence-corrected chi connectivity index (χ4v) is 3.99. The third-order valence-corrected chi connectivity index (χ3v) is 6.52. The Hall–Kier alpha value is -2.42. The van der Waals surface area contributed by atoms with E-state index in [-0.39, 0.29) is 12.0 Å². The van der Waals surface area contributed by atoms with Crippen LogP contribution in [0.4, 0.5) is 0 Å². The molecule has 0 aliphatic carbocycles. The molecular weight excluding hydrogens is 336 g/mol. The van der Waals surface area contributed by atoms with Crippen LogP contribution in [0.2, 0.25) is 0 Å². The predicted octanol–water partition coefficient (Wildman–Crippen LogP) is -0.616. The first-order valence-electron chi connectivity index (χ1n) is 7.13. The van der Waals surface area contributed by atoms with Gasteiger partial charge < -0.3 is 20.6 Å². The molecule has 0 radical (unpaired) electrons. The van der Waals surface area contributed by atoms with E-state index < -0.39 is 43.8 Å². The Kier molecular flexibility index (Phi) is 4.66. The maximum absolute atomic E-state index is 12.5. The first kappa shape index (κ1) is 17.9. The number of rotatable bonds is 7. The molecular formula is C15H18N2O6S. The first-order valence-corrected chi connectivity index (χ1v) is 8.67. The van der Waals surface area contributed by atoms with E-state index in [0.29, 0.717) is 0 Å². The van der Waals surface area contributed by atoms with Gasteiger partial charge in [-0.3, -0.25) is 9.59 Å². The van der Waals surface area contributed by atoms with Gasteiger partial charge in [-0.15, -0.1) is 0 Å². The number of nitrogens with two attached hydrogens (primary N) is 1. The van der Waals surface area contributed by atoms with Gasteiger partial charge in [-0.2, -0.15) is 0 Å². The number of ether oxygens (including phenoxy) is 1. The van der Waals surface area contributed by atoms with Crippen molar-refractivity contribution in [3.63, 3.8) is 0 Å². The van der Waals surface area contributed by atoms with E-state index in [1.54, 1.807) is 30.3 Å². The molecule has 3 N–H and O–H groups in total. The molecule has 1 aromatic carbocycles. The quantitative estimate of drug-likeness (QED) is 0.495. The van der Waals surface area contributed by atoms with Crippen molar-refractivity contribution in [3.8, 4) is 5.75 Å². The number of para-hydroxylation sites is 1. The van der Waals surface area contributed by atoms with Crippen LogP contribution in [0.1, 0.15) is 13.8 Å². The summed E-state index contributed by atoms with van der Waals surface area (Å²) < 4.78 is 28.8. The maximum atomic E-state index is 12.5. The number of β-lactam (4-membered cyclic amide) rings is 1. The lowest BCUT2D eigenvalue weighted by molar-refractivity contribution is -0.144. The largest absolute Gasteiger partial charge is 0.480 e. The minimum absolute atomic E-state index is 0.270. The summed E-state index contributed by atoms with van der Waals surface area (Å²) in [6.45, 7) is 2.43. The predicted molar refractivity (Wildman–Crippen MR) is 84.5 cm³/mol. The van der Waals surface area contributed by atoms with Gasteiger partial charge in [-0.1, -0.05) is 18.2 Å². The molecule has 1 aromatic rings. The van der Waals surface area contributed by atoms with Crippen molar-refractivity contribution < 1.29 is 27.5 Å². The number of carbonyl (C=O) groups excluding carboxylic acids is 3. The van der Waals surface area contributed by atoms with Gasteiger partial charge in [0.1, 0.15) is 28.1 Å². The van der Waals surface area contributed by atoms with E-state index >= 15 is 0 Å². The summed E-state index contributed by atoms with van der Waals surface area (Å²) in [6, 6.07) is 8.12. The Bertz CT molecular complexity index is 759. The van der Waals surface area contributed by atoms with E-state index in [9.17, 15) is 22.8 Å². The van der Waals surface area contributed by atoms with Crippen LogP contribution < -0.4 is 15.8 Å². The van der Waals surface area contributed by atoms with Gasteiger partial charge in [0, 0.05) is 0 Å². The molecule has 0 aromatic heterocycles. The Labute approximate surface area is 139 Å². The number of amides is 2. The molecule has 1 heterocycles. The average Bonchev–Trinajstić information content (AvgIpc) is 2.52. The van der Waals surface area contributed by atoms with Gasteiger partial charge >= 0.3 is 0 Å². The maximum Gasteiger partial charge on any atom is 0.259 e. The highest BCUT2D eigenvalue weighted by atomic mass is 32.2. The molecule has 0 saturated carbocycles. The normalized spacial score (nSPS) is 22.0. The van der Waals surface area contributed by atoms with Gasteiger partial charge in [0.2, 0.25) is 5.91 Å². The van der Waals surface area contributed by atoms with Crippen LogP contribution in [-0.2, 0) is 24.2 Å². The SMILES string of the molecule is CC(C)(C=O)S(=O)(=O)C1NC(=O)C1C(Oc1ccccc1)C(N)=O. The fourth-order valence-electron chi connectivity index (χ4n) is 2.28. The van der Waals surface area contributed by atoms with Gasteiger partial charge in [0.25, 0.3) is 5.91 Å². The van der Waals surface area contributed by atoms with Crippen LogP contribution in [0.3, 0.4) is 0 Å². The van der Waals surface area contributed by atoms with Crippen molar-refractivity contribution in [3.05, 3.63) is 30.3 Å². The zero-order valence-electron chi connectivity index (χ0n) is 13.1. The first-order chi connectivity index (χ1) is 11.1. The van der Waals surface area contributed by atoms with E-state index in [1.165, 1.54) is 13.8 Å². The zero-order valence-corrected chi connectivity index (χ0v) is 13.9. The van der Waals surface area contributed by atoms with Crippen LogP contribution in [0.25, 0.3) is 0 Å². The van der Waals surface area contributed by atoms with Crippen molar-refractivity contribution >= 4 is 27.9 Å². The third-order valence-electron chi connectivity index (χ3n) is 3.88. The lowest BCUT2D eigenvalue weighted by Crippen LogP contribution is -2.70. The Balaban J connectivity index is 2.34. The molecule has 2 rings (SSSR count). The van der Waals surface area contributed by atoms with Crippen molar-refractivity contribution in [2.75, 3.05) is 0 Å². The molecule has 1 aliphatic rings. The third kappa shape index (κ3) is 2.99. The number of nitrogens with one attached hydrogen (secondary N) is 1.